The molecule has 5 nitrogen and oxygen atoms in total. The van der Waals surface area contributed by atoms with E-state index in [0.717, 1.165) is 0 Å². The normalized spacial score (nSPS) is 11.6. The number of hydrogen-bond acceptors (Lipinski definition) is 3. The maximum atomic E-state index is 11.8. The molecule has 102 valence electrons. The van der Waals surface area contributed by atoms with Gasteiger partial charge in [0.15, 0.2) is 0 Å². The molecule has 0 aliphatic rings. The lowest BCUT2D eigenvalue weighted by Crippen LogP contribution is -2.16. The number of amides is 1. The van der Waals surface area contributed by atoms with E-state index in [4.69, 9.17) is 21.4 Å². The van der Waals surface area contributed by atoms with Crippen molar-refractivity contribution in [3.8, 4) is 5.75 Å². The van der Waals surface area contributed by atoms with E-state index in [1.807, 2.05) is 0 Å². The quantitative estimate of drug-likeness (QED) is 0.833. The van der Waals surface area contributed by atoms with Crippen molar-refractivity contribution in [2.24, 2.45) is 0 Å². The summed E-state index contributed by atoms with van der Waals surface area (Å²) in [6.07, 6.45) is 0. The monoisotopic (exact) mass is 283 g/mol. The lowest BCUT2D eigenvalue weighted by atomic mass is 10.1. The van der Waals surface area contributed by atoms with E-state index >= 15 is 0 Å². The number of aliphatic carboxylic acids is 1. The first kappa shape index (κ1) is 15.0. The molecule has 0 radical (unpaired) electrons. The number of rotatable bonds is 4. The number of anilines is 1. The topological polar surface area (TPSA) is 75.6 Å². The molecule has 6 heteroatoms. The Labute approximate surface area is 115 Å². The fourth-order valence-electron chi connectivity index (χ4n) is 1.30. The number of carbonyl (C=O) groups excluding carboxylic acids is 1. The Bertz CT molecular complexity index is 552. The van der Waals surface area contributed by atoms with E-state index in [2.05, 4.69) is 5.32 Å². The molecule has 1 aromatic rings. The number of ether oxygens (including phenoxy) is 1. The Morgan fingerprint density at radius 1 is 1.26 bits per heavy atom. The molecule has 0 heterocycles. The SMILES string of the molecule is COc1ccc(NC(=O)/C(C)=C(/C)C(=O)O)cc1Cl. The van der Waals surface area contributed by atoms with Crippen LogP contribution in [-0.2, 0) is 9.59 Å². The molecule has 1 aromatic carbocycles. The van der Waals surface area contributed by atoms with Crippen molar-refractivity contribution in [2.45, 2.75) is 13.8 Å². The van der Waals surface area contributed by atoms with Crippen LogP contribution in [0.3, 0.4) is 0 Å². The van der Waals surface area contributed by atoms with Crippen LogP contribution in [0.2, 0.25) is 5.02 Å². The summed E-state index contributed by atoms with van der Waals surface area (Å²) in [7, 11) is 1.49. The molecule has 19 heavy (non-hydrogen) atoms. The zero-order valence-corrected chi connectivity index (χ0v) is 11.5. The molecule has 0 saturated carbocycles. The number of methoxy groups -OCH3 is 1. The number of hydrogen-bond donors (Lipinski definition) is 2. The smallest absolute Gasteiger partial charge is 0.331 e. The van der Waals surface area contributed by atoms with Crippen molar-refractivity contribution in [3.05, 3.63) is 34.4 Å². The van der Waals surface area contributed by atoms with Gasteiger partial charge < -0.3 is 15.2 Å². The Morgan fingerprint density at radius 3 is 2.37 bits per heavy atom. The van der Waals surface area contributed by atoms with Gasteiger partial charge in [-0.3, -0.25) is 4.79 Å². The van der Waals surface area contributed by atoms with E-state index in [1.165, 1.54) is 27.0 Å². The summed E-state index contributed by atoms with van der Waals surface area (Å²) >= 11 is 5.92. The van der Waals surface area contributed by atoms with Crippen LogP contribution >= 0.6 is 11.6 Å². The van der Waals surface area contributed by atoms with E-state index in [-0.39, 0.29) is 11.1 Å². The van der Waals surface area contributed by atoms with E-state index < -0.39 is 11.9 Å². The third-order valence-electron chi connectivity index (χ3n) is 2.63. The predicted octanol–water partition coefficient (Wildman–Crippen LogP) is 2.71. The van der Waals surface area contributed by atoms with E-state index in [0.29, 0.717) is 16.5 Å². The standard InChI is InChI=1S/C13H14ClNO4/c1-7(8(2)13(17)18)12(16)15-9-4-5-11(19-3)10(14)6-9/h4-6H,1-3H3,(H,15,16)(H,17,18)/b8-7-. The van der Waals surface area contributed by atoms with Gasteiger partial charge in [-0.05, 0) is 32.0 Å². The number of benzene rings is 1. The molecule has 0 atom stereocenters. The Morgan fingerprint density at radius 2 is 1.89 bits per heavy atom. The van der Waals surface area contributed by atoms with Gasteiger partial charge in [0.2, 0.25) is 0 Å². The van der Waals surface area contributed by atoms with Crippen LogP contribution in [0, 0.1) is 0 Å². The molecule has 0 aliphatic carbocycles. The molecule has 0 fully saturated rings. The lowest BCUT2D eigenvalue weighted by Gasteiger charge is -2.09. The van der Waals surface area contributed by atoms with Gasteiger partial charge in [-0.25, -0.2) is 4.79 Å². The summed E-state index contributed by atoms with van der Waals surface area (Å²) in [5, 5.41) is 11.7. The van der Waals surface area contributed by atoms with Crippen LogP contribution < -0.4 is 10.1 Å². The summed E-state index contributed by atoms with van der Waals surface area (Å²) in [5.41, 5.74) is 0.602. The molecule has 0 saturated heterocycles. The highest BCUT2D eigenvalue weighted by Gasteiger charge is 2.13. The van der Waals surface area contributed by atoms with Crippen molar-refractivity contribution < 1.29 is 19.4 Å². The first-order valence-electron chi connectivity index (χ1n) is 5.42. The second-order valence-electron chi connectivity index (χ2n) is 3.86. The number of halogens is 1. The Kier molecular flexibility index (Phi) is 4.94. The van der Waals surface area contributed by atoms with Gasteiger partial charge >= 0.3 is 5.97 Å². The van der Waals surface area contributed by atoms with Gasteiger partial charge in [0.1, 0.15) is 5.75 Å². The van der Waals surface area contributed by atoms with E-state index in [9.17, 15) is 9.59 Å². The molecule has 0 aromatic heterocycles. The number of carbonyl (C=O) groups is 2. The second-order valence-corrected chi connectivity index (χ2v) is 4.27. The van der Waals surface area contributed by atoms with Crippen molar-refractivity contribution in [1.82, 2.24) is 0 Å². The third kappa shape index (κ3) is 3.72. The fraction of sp³-hybridized carbons (Fsp3) is 0.231. The molecule has 0 aliphatic heterocycles. The van der Waals surface area contributed by atoms with Crippen LogP contribution in [0.4, 0.5) is 5.69 Å². The zero-order valence-electron chi connectivity index (χ0n) is 10.8. The van der Waals surface area contributed by atoms with Gasteiger partial charge in [-0.15, -0.1) is 0 Å². The van der Waals surface area contributed by atoms with Gasteiger partial charge in [0.25, 0.3) is 5.91 Å². The molecular weight excluding hydrogens is 270 g/mol. The fourth-order valence-corrected chi connectivity index (χ4v) is 1.56. The van der Waals surface area contributed by atoms with Crippen LogP contribution in [-0.4, -0.2) is 24.1 Å². The second kappa shape index (κ2) is 6.24. The molecule has 1 amide bonds. The molecular formula is C13H14ClNO4. The van der Waals surface area contributed by atoms with Crippen LogP contribution in [0.15, 0.2) is 29.3 Å². The highest BCUT2D eigenvalue weighted by atomic mass is 35.5. The average molecular weight is 284 g/mol. The maximum absolute atomic E-state index is 11.8. The van der Waals surface area contributed by atoms with Crippen LogP contribution in [0.1, 0.15) is 13.8 Å². The van der Waals surface area contributed by atoms with Gasteiger partial charge in [0, 0.05) is 16.8 Å². The first-order valence-corrected chi connectivity index (χ1v) is 5.80. The molecule has 2 N–H and O–H groups in total. The largest absolute Gasteiger partial charge is 0.495 e. The van der Waals surface area contributed by atoms with Crippen LogP contribution in [0.25, 0.3) is 0 Å². The first-order chi connectivity index (χ1) is 8.86. The Balaban J connectivity index is 2.92. The third-order valence-corrected chi connectivity index (χ3v) is 2.93. The highest BCUT2D eigenvalue weighted by Crippen LogP contribution is 2.27. The van der Waals surface area contributed by atoms with E-state index in [1.54, 1.807) is 12.1 Å². The minimum Gasteiger partial charge on any atom is -0.495 e. The highest BCUT2D eigenvalue weighted by molar-refractivity contribution is 6.32. The number of carboxylic acid groups (broad SMARTS) is 1. The van der Waals surface area contributed by atoms with Gasteiger partial charge in [0.05, 0.1) is 12.1 Å². The lowest BCUT2D eigenvalue weighted by molar-refractivity contribution is -0.133. The molecule has 0 unspecified atom stereocenters. The minimum atomic E-state index is -1.12. The van der Waals surface area contributed by atoms with Gasteiger partial charge in [-0.1, -0.05) is 11.6 Å². The molecule has 0 bridgehead atoms. The minimum absolute atomic E-state index is 0.00268. The number of nitrogens with one attached hydrogen (secondary N) is 1. The molecule has 0 spiro atoms. The predicted molar refractivity (Wildman–Crippen MR) is 72.6 cm³/mol. The Hall–Kier alpha value is -2.01. The van der Waals surface area contributed by atoms with Crippen molar-refractivity contribution in [1.29, 1.82) is 0 Å². The summed E-state index contributed by atoms with van der Waals surface area (Å²) < 4.78 is 4.99. The summed E-state index contributed by atoms with van der Waals surface area (Å²) in [5.74, 6) is -1.12. The molecule has 1 rings (SSSR count). The summed E-state index contributed by atoms with van der Waals surface area (Å²) in [4.78, 5) is 22.6. The zero-order chi connectivity index (χ0) is 14.6. The number of carboxylic acids is 1. The van der Waals surface area contributed by atoms with Crippen molar-refractivity contribution in [3.63, 3.8) is 0 Å². The van der Waals surface area contributed by atoms with Crippen LogP contribution in [0.5, 0.6) is 5.75 Å². The van der Waals surface area contributed by atoms with Gasteiger partial charge in [-0.2, -0.15) is 0 Å². The van der Waals surface area contributed by atoms with Crippen molar-refractivity contribution in [2.75, 3.05) is 12.4 Å². The maximum Gasteiger partial charge on any atom is 0.331 e. The summed E-state index contributed by atoms with van der Waals surface area (Å²) in [6, 6.07) is 4.76. The summed E-state index contributed by atoms with van der Waals surface area (Å²) in [6.45, 7) is 2.82. The van der Waals surface area contributed by atoms with Crippen molar-refractivity contribution >= 4 is 29.2 Å². The average Bonchev–Trinajstić information content (AvgIpc) is 2.37.